The summed E-state index contributed by atoms with van der Waals surface area (Å²) >= 11 is 6.66. The lowest BCUT2D eigenvalue weighted by atomic mass is 9.95. The maximum atomic E-state index is 14.5. The van der Waals surface area contributed by atoms with Gasteiger partial charge in [-0.2, -0.15) is 0 Å². The largest absolute Gasteiger partial charge is 0.496 e. The Labute approximate surface area is 329 Å². The standard InChI is InChI=1S/C45H47ClO8Si/c1-30(31(2)54-55(45(3,4)5,34-20-14-10-15-21-34)35-22-16-11-17-23-35)24-25-38(47)40-33(28-52-44(48)32-18-12-9-13-19-32)26-36-39(50-7)27-37(46)42(51-8)41(36)43(40)53-29-49-6/h9-23,26-27,30-31H,28-29H2,1-8H3/t30-,31+/m1/s1. The van der Waals surface area contributed by atoms with Gasteiger partial charge < -0.3 is 28.1 Å². The first-order valence-electron chi connectivity index (χ1n) is 18.0. The van der Waals surface area contributed by atoms with Crippen molar-refractivity contribution in [2.45, 2.75) is 52.4 Å². The summed E-state index contributed by atoms with van der Waals surface area (Å²) in [4.78, 5) is 27.6. The van der Waals surface area contributed by atoms with Gasteiger partial charge in [0.25, 0.3) is 8.32 Å². The topological polar surface area (TPSA) is 89.5 Å². The van der Waals surface area contributed by atoms with E-state index in [-0.39, 0.29) is 52.5 Å². The van der Waals surface area contributed by atoms with Crippen LogP contribution in [0, 0.1) is 17.8 Å². The lowest BCUT2D eigenvalue weighted by Crippen LogP contribution is -2.67. The summed E-state index contributed by atoms with van der Waals surface area (Å²) in [7, 11) is 1.54. The number of hydrogen-bond donors (Lipinski definition) is 0. The molecule has 0 saturated carbocycles. The molecule has 0 spiro atoms. The van der Waals surface area contributed by atoms with Gasteiger partial charge in [-0.3, -0.25) is 4.79 Å². The lowest BCUT2D eigenvalue weighted by molar-refractivity contribution is 0.0458. The quantitative estimate of drug-likeness (QED) is 0.0277. The number of ether oxygens (including phenoxy) is 5. The van der Waals surface area contributed by atoms with Crippen LogP contribution in [0.25, 0.3) is 10.8 Å². The maximum Gasteiger partial charge on any atom is 0.338 e. The van der Waals surface area contributed by atoms with Crippen molar-refractivity contribution in [3.8, 4) is 29.1 Å². The Morgan fingerprint density at radius 3 is 1.91 bits per heavy atom. The molecule has 0 aromatic heterocycles. The van der Waals surface area contributed by atoms with Gasteiger partial charge in [0, 0.05) is 30.0 Å². The van der Waals surface area contributed by atoms with Gasteiger partial charge in [0.15, 0.2) is 6.79 Å². The second kappa shape index (κ2) is 18.0. The van der Waals surface area contributed by atoms with Gasteiger partial charge >= 0.3 is 5.97 Å². The SMILES string of the molecule is COCOc1c(C(=O)C#C[C@@H](C)[C@H](C)O[Si](c2ccccc2)(c2ccccc2)C(C)(C)C)c(COC(=O)c2ccccc2)cc2c(OC)cc(Cl)c(OC)c12. The van der Waals surface area contributed by atoms with Crippen molar-refractivity contribution in [1.29, 1.82) is 0 Å². The van der Waals surface area contributed by atoms with E-state index in [1.807, 2.05) is 50.2 Å². The van der Waals surface area contributed by atoms with Crippen molar-refractivity contribution in [1.82, 2.24) is 0 Å². The Morgan fingerprint density at radius 1 is 0.800 bits per heavy atom. The smallest absolute Gasteiger partial charge is 0.338 e. The van der Waals surface area contributed by atoms with Crippen LogP contribution >= 0.6 is 11.6 Å². The van der Waals surface area contributed by atoms with E-state index in [1.54, 1.807) is 42.5 Å². The molecule has 0 fully saturated rings. The predicted octanol–water partition coefficient (Wildman–Crippen LogP) is 8.64. The Kier molecular flexibility index (Phi) is 13.4. The van der Waals surface area contributed by atoms with Crippen molar-refractivity contribution in [3.05, 3.63) is 125 Å². The molecular weight excluding hydrogens is 732 g/mol. The lowest BCUT2D eigenvalue weighted by Gasteiger charge is -2.45. The molecule has 55 heavy (non-hydrogen) atoms. The first kappa shape index (κ1) is 41.1. The van der Waals surface area contributed by atoms with Gasteiger partial charge in [-0.25, -0.2) is 4.79 Å². The van der Waals surface area contributed by atoms with E-state index in [4.69, 9.17) is 39.7 Å². The van der Waals surface area contributed by atoms with Crippen LogP contribution in [-0.2, 0) is 20.5 Å². The second-order valence-electron chi connectivity index (χ2n) is 14.1. The van der Waals surface area contributed by atoms with Crippen molar-refractivity contribution in [2.75, 3.05) is 28.1 Å². The third-order valence-electron chi connectivity index (χ3n) is 9.57. The van der Waals surface area contributed by atoms with Crippen molar-refractivity contribution in [2.24, 2.45) is 5.92 Å². The number of hydrogen-bond acceptors (Lipinski definition) is 8. The van der Waals surface area contributed by atoms with Crippen LogP contribution in [0.2, 0.25) is 10.1 Å². The van der Waals surface area contributed by atoms with Crippen LogP contribution in [0.5, 0.6) is 17.2 Å². The van der Waals surface area contributed by atoms with Crippen molar-refractivity contribution < 1.29 is 37.7 Å². The highest BCUT2D eigenvalue weighted by Crippen LogP contribution is 2.47. The fraction of sp³-hybridized carbons (Fsp3) is 0.289. The van der Waals surface area contributed by atoms with Gasteiger partial charge in [-0.15, -0.1) is 0 Å². The number of benzene rings is 5. The second-order valence-corrected chi connectivity index (χ2v) is 18.8. The first-order valence-corrected chi connectivity index (χ1v) is 20.2. The van der Waals surface area contributed by atoms with E-state index >= 15 is 0 Å². The number of esters is 1. The van der Waals surface area contributed by atoms with E-state index in [1.165, 1.54) is 21.3 Å². The van der Waals surface area contributed by atoms with Crippen molar-refractivity contribution in [3.63, 3.8) is 0 Å². The summed E-state index contributed by atoms with van der Waals surface area (Å²) in [6, 6.07) is 32.7. The normalized spacial score (nSPS) is 12.6. The van der Waals surface area contributed by atoms with Crippen LogP contribution in [0.1, 0.15) is 60.9 Å². The molecule has 286 valence electrons. The molecule has 0 aliphatic carbocycles. The molecule has 0 heterocycles. The Bertz CT molecular complexity index is 2130. The van der Waals surface area contributed by atoms with Crippen LogP contribution in [0.4, 0.5) is 0 Å². The van der Waals surface area contributed by atoms with E-state index in [2.05, 4.69) is 56.9 Å². The third-order valence-corrected chi connectivity index (χ3v) is 15.0. The molecule has 0 amide bonds. The molecule has 0 aliphatic rings. The average Bonchev–Trinajstić information content (AvgIpc) is 3.19. The Morgan fingerprint density at radius 2 is 1.38 bits per heavy atom. The molecule has 0 bridgehead atoms. The molecule has 2 atom stereocenters. The van der Waals surface area contributed by atoms with E-state index in [0.717, 1.165) is 10.4 Å². The van der Waals surface area contributed by atoms with Gasteiger partial charge in [0.05, 0.1) is 41.9 Å². The summed E-state index contributed by atoms with van der Waals surface area (Å²) in [6.45, 7) is 10.1. The Balaban J connectivity index is 1.61. The summed E-state index contributed by atoms with van der Waals surface area (Å²) in [5, 5.41) is 3.18. The van der Waals surface area contributed by atoms with E-state index in [9.17, 15) is 9.59 Å². The van der Waals surface area contributed by atoms with E-state index in [0.29, 0.717) is 27.6 Å². The highest BCUT2D eigenvalue weighted by atomic mass is 35.5. The molecule has 0 unspecified atom stereocenters. The molecular formula is C45H47ClO8Si. The first-order chi connectivity index (χ1) is 26.4. The van der Waals surface area contributed by atoms with Gasteiger partial charge in [0.2, 0.25) is 5.78 Å². The zero-order valence-corrected chi connectivity index (χ0v) is 34.3. The number of halogens is 1. The number of Topliss-reactive ketones (excluding diaryl/α,β-unsaturated/α-hetero) is 1. The summed E-state index contributed by atoms with van der Waals surface area (Å²) in [5.41, 5.74) is 0.781. The zero-order chi connectivity index (χ0) is 39.8. The van der Waals surface area contributed by atoms with E-state index < -0.39 is 20.1 Å². The summed E-state index contributed by atoms with van der Waals surface area (Å²) in [5.74, 6) is 5.33. The highest BCUT2D eigenvalue weighted by molar-refractivity contribution is 6.99. The Hall–Kier alpha value is -5.11. The number of rotatable bonds is 14. The van der Waals surface area contributed by atoms with Gasteiger partial charge in [-0.1, -0.05) is 117 Å². The number of ketones is 1. The minimum Gasteiger partial charge on any atom is -0.496 e. The molecule has 0 saturated heterocycles. The van der Waals surface area contributed by atoms with Crippen LogP contribution in [0.3, 0.4) is 0 Å². The van der Waals surface area contributed by atoms with Gasteiger partial charge in [0.1, 0.15) is 23.9 Å². The number of carbonyl (C=O) groups is 2. The summed E-state index contributed by atoms with van der Waals surface area (Å²) < 4.78 is 35.9. The number of methoxy groups -OCH3 is 3. The molecule has 5 aromatic rings. The molecule has 5 aromatic carbocycles. The molecule has 0 N–H and O–H groups in total. The number of fused-ring (bicyclic) bond motifs is 1. The van der Waals surface area contributed by atoms with Gasteiger partial charge in [-0.05, 0) is 53.4 Å². The molecule has 0 aliphatic heterocycles. The molecule has 10 heteroatoms. The molecule has 0 radical (unpaired) electrons. The fourth-order valence-electron chi connectivity index (χ4n) is 6.73. The summed E-state index contributed by atoms with van der Waals surface area (Å²) in [6.07, 6.45) is -0.373. The average molecular weight is 779 g/mol. The number of carbonyl (C=O) groups excluding carboxylic acids is 2. The van der Waals surface area contributed by atoms with Crippen LogP contribution in [0.15, 0.2) is 103 Å². The zero-order valence-electron chi connectivity index (χ0n) is 32.5. The minimum atomic E-state index is -2.91. The molecule has 5 rings (SSSR count). The third kappa shape index (κ3) is 8.74. The fourth-order valence-corrected chi connectivity index (χ4v) is 11.8. The maximum absolute atomic E-state index is 14.5. The van der Waals surface area contributed by atoms with Crippen LogP contribution < -0.4 is 24.6 Å². The monoisotopic (exact) mass is 778 g/mol. The molecule has 8 nitrogen and oxygen atoms in total. The van der Waals surface area contributed by atoms with Crippen molar-refractivity contribution >= 4 is 52.8 Å². The predicted molar refractivity (Wildman–Crippen MR) is 220 cm³/mol. The van der Waals surface area contributed by atoms with Crippen LogP contribution in [-0.4, -0.2) is 54.3 Å². The minimum absolute atomic E-state index is 0.0771. The highest BCUT2D eigenvalue weighted by Gasteiger charge is 2.51.